The molecule has 1 amide bonds. The lowest BCUT2D eigenvalue weighted by Gasteiger charge is -2.18. The van der Waals surface area contributed by atoms with E-state index in [2.05, 4.69) is 36.5 Å². The summed E-state index contributed by atoms with van der Waals surface area (Å²) in [6.45, 7) is 6.53. The predicted octanol–water partition coefficient (Wildman–Crippen LogP) is 4.04. The summed E-state index contributed by atoms with van der Waals surface area (Å²) in [7, 11) is 0. The number of ether oxygens (including phenoxy) is 2. The molecule has 1 N–H and O–H groups in total. The average Bonchev–Trinajstić information content (AvgIpc) is 2.60. The van der Waals surface area contributed by atoms with Gasteiger partial charge in [-0.1, -0.05) is 48.9 Å². The van der Waals surface area contributed by atoms with Gasteiger partial charge in [0.1, 0.15) is 0 Å². The van der Waals surface area contributed by atoms with Crippen LogP contribution in [0.4, 0.5) is 0 Å². The van der Waals surface area contributed by atoms with Gasteiger partial charge in [-0.15, -0.1) is 0 Å². The maximum Gasteiger partial charge on any atom is 0.258 e. The van der Waals surface area contributed by atoms with Gasteiger partial charge in [-0.2, -0.15) is 0 Å². The molecule has 0 unspecified atom stereocenters. The van der Waals surface area contributed by atoms with Crippen LogP contribution in [0.15, 0.2) is 48.5 Å². The van der Waals surface area contributed by atoms with Gasteiger partial charge < -0.3 is 14.8 Å². The van der Waals surface area contributed by atoms with Crippen molar-refractivity contribution < 1.29 is 14.3 Å². The maximum atomic E-state index is 12.2. The molecule has 0 aliphatic carbocycles. The molecule has 4 nitrogen and oxygen atoms in total. The van der Waals surface area contributed by atoms with Crippen LogP contribution >= 0.6 is 0 Å². The van der Waals surface area contributed by atoms with Crippen LogP contribution in [0.5, 0.6) is 11.5 Å². The van der Waals surface area contributed by atoms with E-state index in [9.17, 15) is 4.79 Å². The average molecular weight is 327 g/mol. The maximum absolute atomic E-state index is 12.2. The molecule has 0 spiro atoms. The zero-order valence-corrected chi connectivity index (χ0v) is 14.5. The molecule has 0 fully saturated rings. The lowest BCUT2D eigenvalue weighted by molar-refractivity contribution is -0.123. The Morgan fingerprint density at radius 2 is 1.62 bits per heavy atom. The lowest BCUT2D eigenvalue weighted by Crippen LogP contribution is -2.32. The fourth-order valence-electron chi connectivity index (χ4n) is 2.44. The zero-order valence-electron chi connectivity index (χ0n) is 14.5. The molecule has 0 aromatic heterocycles. The number of carbonyl (C=O) groups is 1. The molecule has 0 heterocycles. The van der Waals surface area contributed by atoms with Gasteiger partial charge in [0, 0.05) is 0 Å². The monoisotopic (exact) mass is 327 g/mol. The molecule has 24 heavy (non-hydrogen) atoms. The van der Waals surface area contributed by atoms with Crippen molar-refractivity contribution in [1.82, 2.24) is 5.32 Å². The third kappa shape index (κ3) is 5.01. The number of carbonyl (C=O) groups excluding carboxylic acids is 1. The van der Waals surface area contributed by atoms with Crippen LogP contribution in [0.3, 0.4) is 0 Å². The number of benzene rings is 2. The first kappa shape index (κ1) is 17.9. The molecule has 2 aromatic rings. The summed E-state index contributed by atoms with van der Waals surface area (Å²) in [5.41, 5.74) is 2.31. The molecule has 0 saturated heterocycles. The van der Waals surface area contributed by atoms with Crippen molar-refractivity contribution in [2.75, 3.05) is 13.2 Å². The van der Waals surface area contributed by atoms with E-state index in [4.69, 9.17) is 9.47 Å². The van der Waals surface area contributed by atoms with Crippen molar-refractivity contribution in [2.24, 2.45) is 0 Å². The highest BCUT2D eigenvalue weighted by atomic mass is 16.5. The van der Waals surface area contributed by atoms with Gasteiger partial charge in [0.2, 0.25) is 0 Å². The van der Waals surface area contributed by atoms with E-state index >= 15 is 0 Å². The highest BCUT2D eigenvalue weighted by molar-refractivity contribution is 5.78. The van der Waals surface area contributed by atoms with Gasteiger partial charge >= 0.3 is 0 Å². The molecule has 0 radical (unpaired) electrons. The molecule has 1 atom stereocenters. The van der Waals surface area contributed by atoms with Crippen LogP contribution in [-0.2, 0) is 4.79 Å². The van der Waals surface area contributed by atoms with E-state index < -0.39 is 0 Å². The van der Waals surface area contributed by atoms with Crippen molar-refractivity contribution in [2.45, 2.75) is 33.2 Å². The summed E-state index contributed by atoms with van der Waals surface area (Å²) in [6.07, 6.45) is 0.824. The molecule has 2 rings (SSSR count). The number of amides is 1. The molecule has 4 heteroatoms. The fraction of sp³-hybridized carbons (Fsp3) is 0.350. The zero-order chi connectivity index (χ0) is 17.4. The summed E-state index contributed by atoms with van der Waals surface area (Å²) in [5, 5.41) is 3.02. The quantitative estimate of drug-likeness (QED) is 0.796. The summed E-state index contributed by atoms with van der Waals surface area (Å²) in [4.78, 5) is 12.2. The molecule has 0 saturated carbocycles. The summed E-state index contributed by atoms with van der Waals surface area (Å²) in [6, 6.07) is 15.6. The fourth-order valence-corrected chi connectivity index (χ4v) is 2.44. The number of rotatable bonds is 8. The van der Waals surface area contributed by atoms with Crippen LogP contribution in [-0.4, -0.2) is 19.1 Å². The Morgan fingerprint density at radius 3 is 2.21 bits per heavy atom. The van der Waals surface area contributed by atoms with Crippen LogP contribution in [0.1, 0.15) is 37.4 Å². The van der Waals surface area contributed by atoms with E-state index in [1.165, 1.54) is 5.56 Å². The lowest BCUT2D eigenvalue weighted by atomic mass is 10.0. The van der Waals surface area contributed by atoms with Crippen molar-refractivity contribution in [3.63, 3.8) is 0 Å². The third-order valence-electron chi connectivity index (χ3n) is 3.73. The second-order valence-electron chi connectivity index (χ2n) is 5.61. The van der Waals surface area contributed by atoms with Crippen LogP contribution in [0, 0.1) is 6.92 Å². The summed E-state index contributed by atoms with van der Waals surface area (Å²) in [5.74, 6) is 1.09. The minimum Gasteiger partial charge on any atom is -0.490 e. The number of para-hydroxylation sites is 2. The highest BCUT2D eigenvalue weighted by Gasteiger charge is 2.14. The molecule has 128 valence electrons. The molecular formula is C20H25NO3. The van der Waals surface area contributed by atoms with E-state index in [-0.39, 0.29) is 18.6 Å². The number of aryl methyl sites for hydroxylation is 1. The van der Waals surface area contributed by atoms with Gasteiger partial charge in [0.25, 0.3) is 5.91 Å². The van der Waals surface area contributed by atoms with Crippen LogP contribution in [0.2, 0.25) is 0 Å². The molecule has 0 aliphatic heterocycles. The second kappa shape index (κ2) is 8.96. The first-order chi connectivity index (χ1) is 11.6. The Morgan fingerprint density at radius 1 is 1.00 bits per heavy atom. The number of nitrogens with one attached hydrogen (secondary N) is 1. The Balaban J connectivity index is 1.93. The minimum absolute atomic E-state index is 0.0103. The van der Waals surface area contributed by atoms with Gasteiger partial charge in [-0.3, -0.25) is 4.79 Å². The standard InChI is InChI=1S/C20H25NO3/c1-4-17(16-12-10-15(3)11-13-16)21-20(22)14-24-19-9-7-6-8-18(19)23-5-2/h6-13,17H,4-5,14H2,1-3H3,(H,21,22)/t17-/m0/s1. The van der Waals surface area contributed by atoms with Gasteiger partial charge in [0.15, 0.2) is 18.1 Å². The highest BCUT2D eigenvalue weighted by Crippen LogP contribution is 2.26. The Bertz CT molecular complexity index is 652. The van der Waals surface area contributed by atoms with E-state index in [1.807, 2.05) is 32.0 Å². The topological polar surface area (TPSA) is 47.6 Å². The Hall–Kier alpha value is -2.49. The molecular weight excluding hydrogens is 302 g/mol. The van der Waals surface area contributed by atoms with Crippen molar-refractivity contribution in [3.05, 3.63) is 59.7 Å². The Kier molecular flexibility index (Phi) is 6.67. The Labute approximate surface area is 143 Å². The first-order valence-electron chi connectivity index (χ1n) is 8.34. The summed E-state index contributed by atoms with van der Waals surface area (Å²) >= 11 is 0. The van der Waals surface area contributed by atoms with Gasteiger partial charge in [-0.25, -0.2) is 0 Å². The minimum atomic E-state index is -0.145. The second-order valence-corrected chi connectivity index (χ2v) is 5.61. The SMILES string of the molecule is CCOc1ccccc1OCC(=O)N[C@@H](CC)c1ccc(C)cc1. The summed E-state index contributed by atoms with van der Waals surface area (Å²) < 4.78 is 11.1. The van der Waals surface area contributed by atoms with Crippen molar-refractivity contribution >= 4 is 5.91 Å². The molecule has 2 aromatic carbocycles. The van der Waals surface area contributed by atoms with Crippen molar-refractivity contribution in [1.29, 1.82) is 0 Å². The van der Waals surface area contributed by atoms with Crippen LogP contribution in [0.25, 0.3) is 0 Å². The number of hydrogen-bond donors (Lipinski definition) is 1. The predicted molar refractivity (Wildman–Crippen MR) is 95.5 cm³/mol. The number of hydrogen-bond acceptors (Lipinski definition) is 3. The first-order valence-corrected chi connectivity index (χ1v) is 8.34. The van der Waals surface area contributed by atoms with Gasteiger partial charge in [0.05, 0.1) is 12.6 Å². The normalized spacial score (nSPS) is 11.6. The largest absolute Gasteiger partial charge is 0.490 e. The van der Waals surface area contributed by atoms with Gasteiger partial charge in [-0.05, 0) is 38.0 Å². The van der Waals surface area contributed by atoms with Crippen molar-refractivity contribution in [3.8, 4) is 11.5 Å². The third-order valence-corrected chi connectivity index (χ3v) is 3.73. The van der Waals surface area contributed by atoms with E-state index in [0.717, 1.165) is 12.0 Å². The van der Waals surface area contributed by atoms with E-state index in [0.29, 0.717) is 18.1 Å². The van der Waals surface area contributed by atoms with Crippen LogP contribution < -0.4 is 14.8 Å². The molecule has 0 bridgehead atoms. The smallest absolute Gasteiger partial charge is 0.258 e. The molecule has 0 aliphatic rings. The van der Waals surface area contributed by atoms with E-state index in [1.54, 1.807) is 6.07 Å².